The molecule has 0 spiro atoms. The van der Waals surface area contributed by atoms with Crippen LogP contribution in [0.2, 0.25) is 0 Å². The molecule has 1 aromatic heterocycles. The van der Waals surface area contributed by atoms with Gasteiger partial charge in [0.05, 0.1) is 16.1 Å². The molecule has 0 radical (unpaired) electrons. The van der Waals surface area contributed by atoms with Gasteiger partial charge in [0.25, 0.3) is 0 Å². The molecule has 4 aromatic rings. The number of aromatic nitrogens is 1. The summed E-state index contributed by atoms with van der Waals surface area (Å²) < 4.78 is 4.95. The third-order valence-electron chi connectivity index (χ3n) is 6.60. The molecular formula is C31H31I2N2S+. The van der Waals surface area contributed by atoms with Crippen LogP contribution in [-0.2, 0) is 6.54 Å². The van der Waals surface area contributed by atoms with Crippen molar-refractivity contribution in [1.29, 1.82) is 0 Å². The molecule has 0 saturated heterocycles. The number of benzene rings is 3. The van der Waals surface area contributed by atoms with E-state index in [4.69, 9.17) is 0 Å². The first-order valence-corrected chi connectivity index (χ1v) is 16.6. The van der Waals surface area contributed by atoms with E-state index in [0.29, 0.717) is 0 Å². The molecule has 3 aromatic carbocycles. The van der Waals surface area contributed by atoms with Gasteiger partial charge in [-0.05, 0) is 70.1 Å². The number of hydrogen-bond donors (Lipinski definition) is 0. The molecule has 2 nitrogen and oxygen atoms in total. The lowest BCUT2D eigenvalue weighted by Gasteiger charge is -2.20. The van der Waals surface area contributed by atoms with Crippen molar-refractivity contribution in [2.75, 3.05) is 20.3 Å². The first kappa shape index (κ1) is 26.0. The smallest absolute Gasteiger partial charge is 0.213 e. The highest BCUT2D eigenvalue weighted by molar-refractivity contribution is 14.1. The molecule has 1 aliphatic rings. The number of hydrogen-bond acceptors (Lipinski definition) is 2. The van der Waals surface area contributed by atoms with Gasteiger partial charge in [-0.15, -0.1) is 0 Å². The van der Waals surface area contributed by atoms with Gasteiger partial charge in [-0.1, -0.05) is 99.4 Å². The quantitative estimate of drug-likeness (QED) is 0.0700. The van der Waals surface area contributed by atoms with Crippen molar-refractivity contribution in [3.05, 3.63) is 95.5 Å². The minimum Gasteiger partial charge on any atom is -0.335 e. The Hall–Kier alpha value is -1.58. The van der Waals surface area contributed by atoms with Gasteiger partial charge >= 0.3 is 0 Å². The van der Waals surface area contributed by atoms with E-state index in [9.17, 15) is 0 Å². The monoisotopic (exact) mass is 717 g/mol. The summed E-state index contributed by atoms with van der Waals surface area (Å²) in [6.07, 6.45) is 7.31. The molecule has 0 fully saturated rings. The van der Waals surface area contributed by atoms with E-state index in [1.807, 2.05) is 11.8 Å². The van der Waals surface area contributed by atoms with Crippen molar-refractivity contribution in [1.82, 2.24) is 0 Å². The molecule has 184 valence electrons. The highest BCUT2D eigenvalue weighted by Gasteiger charge is 2.26. The van der Waals surface area contributed by atoms with E-state index in [1.54, 1.807) is 0 Å². The number of alkyl halides is 2. The highest BCUT2D eigenvalue weighted by atomic mass is 127. The van der Waals surface area contributed by atoms with E-state index in [0.717, 1.165) is 13.1 Å². The summed E-state index contributed by atoms with van der Waals surface area (Å²) in [5.41, 5.74) is 6.53. The molecule has 0 N–H and O–H groups in total. The van der Waals surface area contributed by atoms with Crippen molar-refractivity contribution in [3.63, 3.8) is 0 Å². The van der Waals surface area contributed by atoms with Crippen molar-refractivity contribution in [2.24, 2.45) is 0 Å². The minimum atomic E-state index is 1.03. The van der Waals surface area contributed by atoms with Crippen LogP contribution in [0.25, 0.3) is 28.2 Å². The second-order valence-electron chi connectivity index (χ2n) is 9.02. The molecule has 0 aliphatic carbocycles. The average molecular weight is 717 g/mol. The average Bonchev–Trinajstić information content (AvgIpc) is 3.27. The van der Waals surface area contributed by atoms with Crippen LogP contribution >= 0.6 is 56.9 Å². The zero-order valence-corrected chi connectivity index (χ0v) is 25.5. The first-order chi connectivity index (χ1) is 17.8. The normalized spacial score (nSPS) is 14.1. The van der Waals surface area contributed by atoms with E-state index >= 15 is 0 Å². The van der Waals surface area contributed by atoms with E-state index in [1.165, 1.54) is 77.9 Å². The second-order valence-corrected chi connectivity index (χ2v) is 12.2. The number of rotatable bonds is 10. The van der Waals surface area contributed by atoms with Crippen LogP contribution in [0, 0.1) is 0 Å². The Morgan fingerprint density at radius 3 is 2.33 bits per heavy atom. The van der Waals surface area contributed by atoms with Crippen molar-refractivity contribution < 1.29 is 4.57 Å². The summed E-state index contributed by atoms with van der Waals surface area (Å²) >= 11 is 6.89. The Balaban J connectivity index is 1.64. The Morgan fingerprint density at radius 1 is 0.778 bits per heavy atom. The zero-order valence-electron chi connectivity index (χ0n) is 20.4. The summed E-state index contributed by atoms with van der Waals surface area (Å²) in [4.78, 5) is 3.89. The van der Waals surface area contributed by atoms with Gasteiger partial charge in [0.1, 0.15) is 6.54 Å². The van der Waals surface area contributed by atoms with Crippen LogP contribution in [-0.4, -0.2) is 15.4 Å². The maximum absolute atomic E-state index is 2.54. The maximum atomic E-state index is 2.54. The van der Waals surface area contributed by atoms with Crippen molar-refractivity contribution >= 4 is 79.6 Å². The third-order valence-corrected chi connectivity index (χ3v) is 9.24. The number of unbranched alkanes of at least 4 members (excludes halogenated alkanes) is 2. The van der Waals surface area contributed by atoms with Gasteiger partial charge in [0, 0.05) is 35.6 Å². The number of aryl methyl sites for hydroxylation is 1. The molecule has 0 saturated carbocycles. The fourth-order valence-corrected chi connectivity index (χ4v) is 7.07. The highest BCUT2D eigenvalue weighted by Crippen LogP contribution is 2.47. The number of anilines is 1. The van der Waals surface area contributed by atoms with Crippen LogP contribution in [0.3, 0.4) is 0 Å². The van der Waals surface area contributed by atoms with E-state index in [2.05, 4.69) is 146 Å². The summed E-state index contributed by atoms with van der Waals surface area (Å²) in [6.45, 7) is 2.10. The Kier molecular flexibility index (Phi) is 9.25. The fourth-order valence-electron chi connectivity index (χ4n) is 4.85. The van der Waals surface area contributed by atoms with Gasteiger partial charge < -0.3 is 4.90 Å². The minimum absolute atomic E-state index is 1.03. The molecular weight excluding hydrogens is 686 g/mol. The number of halogens is 2. The van der Waals surface area contributed by atoms with Crippen LogP contribution < -0.4 is 9.47 Å². The Bertz CT molecular complexity index is 1350. The van der Waals surface area contributed by atoms with Gasteiger partial charge in [0.2, 0.25) is 11.2 Å². The lowest BCUT2D eigenvalue weighted by molar-refractivity contribution is -0.660. The molecule has 5 rings (SSSR count). The lowest BCUT2D eigenvalue weighted by atomic mass is 10.0. The predicted octanol–water partition coefficient (Wildman–Crippen LogP) is 9.14. The molecule has 5 heteroatoms. The van der Waals surface area contributed by atoms with E-state index in [-0.39, 0.29) is 0 Å². The van der Waals surface area contributed by atoms with Gasteiger partial charge in [-0.2, -0.15) is 4.57 Å². The number of nitrogens with zero attached hydrogens (tertiary/aromatic N) is 2. The number of thioether (sulfide) groups is 1. The molecule has 36 heavy (non-hydrogen) atoms. The molecule has 1 aliphatic heterocycles. The summed E-state index contributed by atoms with van der Waals surface area (Å²) in [6, 6.07) is 31.1. The lowest BCUT2D eigenvalue weighted by Crippen LogP contribution is -2.37. The number of fused-ring (bicyclic) bond motifs is 2. The van der Waals surface area contributed by atoms with Crippen LogP contribution in [0.5, 0.6) is 0 Å². The fraction of sp³-hybridized carbons (Fsp3) is 0.258. The van der Waals surface area contributed by atoms with Gasteiger partial charge in [-0.25, -0.2) is 0 Å². The standard InChI is InChI=1S/C31H31I2N2S/c32-18-8-10-20-34-27-15-5-4-14-26(27)25(22-29(34)24-12-2-1-3-13-24)23-31-35(21-11-9-19-33)28-16-6-7-17-30(28)36-31/h1-7,12-17,22-23H,8-11,18-21H2/q+1. The maximum Gasteiger partial charge on any atom is 0.213 e. The van der Waals surface area contributed by atoms with Gasteiger partial charge in [0.15, 0.2) is 0 Å². The zero-order chi connectivity index (χ0) is 24.7. The summed E-state index contributed by atoms with van der Waals surface area (Å²) in [7, 11) is 0. The number of pyridine rings is 1. The van der Waals surface area contributed by atoms with Crippen molar-refractivity contribution in [2.45, 2.75) is 37.1 Å². The largest absolute Gasteiger partial charge is 0.335 e. The number of para-hydroxylation sites is 2. The Labute approximate surface area is 246 Å². The molecule has 0 atom stereocenters. The van der Waals surface area contributed by atoms with Crippen LogP contribution in [0.15, 0.2) is 94.9 Å². The van der Waals surface area contributed by atoms with Crippen molar-refractivity contribution in [3.8, 4) is 11.3 Å². The van der Waals surface area contributed by atoms with E-state index < -0.39 is 0 Å². The summed E-state index contributed by atoms with van der Waals surface area (Å²) in [5.74, 6) is 0. The third kappa shape index (κ3) is 5.78. The SMILES string of the molecule is ICCCCN1/C(=C\c2cc(-c3ccccc3)[n+](CCCCI)c3ccccc23)Sc2ccccc21. The predicted molar refractivity (Wildman–Crippen MR) is 173 cm³/mol. The topological polar surface area (TPSA) is 7.12 Å². The first-order valence-electron chi connectivity index (χ1n) is 12.7. The van der Waals surface area contributed by atoms with Gasteiger partial charge in [-0.3, -0.25) is 0 Å². The molecule has 0 bridgehead atoms. The Morgan fingerprint density at radius 2 is 1.50 bits per heavy atom. The molecule has 0 amide bonds. The van der Waals surface area contributed by atoms with Crippen LogP contribution in [0.1, 0.15) is 31.2 Å². The van der Waals surface area contributed by atoms with Crippen LogP contribution in [0.4, 0.5) is 5.69 Å². The summed E-state index contributed by atoms with van der Waals surface area (Å²) in [5, 5.41) is 2.65. The molecule has 0 unspecified atom stereocenters. The molecule has 2 heterocycles. The second kappa shape index (κ2) is 12.8.